The van der Waals surface area contributed by atoms with E-state index >= 15 is 0 Å². The van der Waals surface area contributed by atoms with E-state index in [4.69, 9.17) is 25.7 Å². The maximum absolute atomic E-state index is 11.8. The molecule has 144 valence electrons. The second-order valence-corrected chi connectivity index (χ2v) is 6.63. The van der Waals surface area contributed by atoms with Crippen LogP contribution in [0, 0.1) is 0 Å². The molecule has 0 atom stereocenters. The van der Waals surface area contributed by atoms with E-state index in [1.165, 1.54) is 7.11 Å². The molecule has 0 spiro atoms. The zero-order valence-electron chi connectivity index (χ0n) is 15.6. The van der Waals surface area contributed by atoms with E-state index in [2.05, 4.69) is 4.74 Å². The van der Waals surface area contributed by atoms with Gasteiger partial charge in [-0.2, -0.15) is 0 Å². The van der Waals surface area contributed by atoms with Gasteiger partial charge in [-0.05, 0) is 56.2 Å². The first kappa shape index (κ1) is 19.9. The normalized spacial score (nSPS) is 10.8. The Labute approximate surface area is 157 Å². The molecule has 4 N–H and O–H groups in total. The van der Waals surface area contributed by atoms with Gasteiger partial charge in [0.25, 0.3) is 0 Å². The van der Waals surface area contributed by atoms with Crippen LogP contribution in [0.5, 0.6) is 11.5 Å². The van der Waals surface area contributed by atoms with Crippen molar-refractivity contribution in [2.45, 2.75) is 26.4 Å². The third kappa shape index (κ3) is 5.53. The molecule has 8 heteroatoms. The second kappa shape index (κ2) is 7.86. The molecule has 2 aromatic carbocycles. The van der Waals surface area contributed by atoms with Crippen molar-refractivity contribution in [1.82, 2.24) is 0 Å². The van der Waals surface area contributed by atoms with Gasteiger partial charge in [0, 0.05) is 0 Å². The van der Waals surface area contributed by atoms with E-state index in [9.17, 15) is 9.59 Å². The quantitative estimate of drug-likeness (QED) is 0.470. The lowest BCUT2D eigenvalue weighted by Crippen LogP contribution is -2.26. The molecule has 0 saturated heterocycles. The first-order valence-corrected chi connectivity index (χ1v) is 8.05. The summed E-state index contributed by atoms with van der Waals surface area (Å²) in [6.45, 7) is 5.20. The zero-order valence-corrected chi connectivity index (χ0v) is 15.6. The number of hydrogen-bond donors (Lipinski definition) is 2. The van der Waals surface area contributed by atoms with E-state index in [0.717, 1.165) is 11.1 Å². The maximum atomic E-state index is 11.8. The molecule has 0 amide bonds. The number of methoxy groups -OCH3 is 1. The van der Waals surface area contributed by atoms with Crippen LogP contribution in [0.25, 0.3) is 11.1 Å². The molecular weight excluding hydrogens is 352 g/mol. The number of carbonyl (C=O) groups is 2. The first-order valence-electron chi connectivity index (χ1n) is 8.05. The van der Waals surface area contributed by atoms with Crippen molar-refractivity contribution < 1.29 is 28.5 Å². The Bertz CT molecular complexity index is 858. The van der Waals surface area contributed by atoms with Crippen molar-refractivity contribution in [2.75, 3.05) is 18.6 Å². The molecule has 0 bridgehead atoms. The molecule has 0 aliphatic carbocycles. The molecule has 0 heterocycles. The predicted molar refractivity (Wildman–Crippen MR) is 101 cm³/mol. The van der Waals surface area contributed by atoms with Crippen LogP contribution >= 0.6 is 0 Å². The highest BCUT2D eigenvalue weighted by Gasteiger charge is 2.19. The SMILES string of the molecule is COC(=O)Oc1ccc(-c2ccc(OC(=O)OC(C)(C)C)c(N)c2)cc1N. The zero-order chi connectivity index (χ0) is 20.2. The molecule has 8 nitrogen and oxygen atoms in total. The summed E-state index contributed by atoms with van der Waals surface area (Å²) >= 11 is 0. The molecule has 0 fully saturated rings. The highest BCUT2D eigenvalue weighted by Crippen LogP contribution is 2.32. The minimum absolute atomic E-state index is 0.184. The Hall–Kier alpha value is -3.42. The minimum atomic E-state index is -0.859. The Morgan fingerprint density at radius 3 is 1.63 bits per heavy atom. The number of rotatable bonds is 3. The summed E-state index contributed by atoms with van der Waals surface area (Å²) in [5, 5.41) is 0. The van der Waals surface area contributed by atoms with Crippen LogP contribution in [0.2, 0.25) is 0 Å². The molecule has 2 aromatic rings. The van der Waals surface area contributed by atoms with Gasteiger partial charge in [-0.1, -0.05) is 12.1 Å². The lowest BCUT2D eigenvalue weighted by atomic mass is 10.0. The number of carbonyl (C=O) groups excluding carboxylic acids is 2. The summed E-state index contributed by atoms with van der Waals surface area (Å²) in [5.74, 6) is 0.370. The lowest BCUT2D eigenvalue weighted by Gasteiger charge is -2.19. The molecular formula is C19H22N2O6. The van der Waals surface area contributed by atoms with E-state index in [0.29, 0.717) is 0 Å². The van der Waals surface area contributed by atoms with Crippen molar-refractivity contribution in [3.05, 3.63) is 36.4 Å². The third-order valence-corrected chi connectivity index (χ3v) is 3.30. The molecule has 0 saturated carbocycles. The van der Waals surface area contributed by atoms with Crippen LogP contribution in [-0.2, 0) is 9.47 Å². The van der Waals surface area contributed by atoms with Gasteiger partial charge >= 0.3 is 12.3 Å². The van der Waals surface area contributed by atoms with E-state index in [1.54, 1.807) is 57.2 Å². The monoisotopic (exact) mass is 374 g/mol. The molecule has 0 aliphatic rings. The summed E-state index contributed by atoms with van der Waals surface area (Å²) in [5.41, 5.74) is 13.2. The summed E-state index contributed by atoms with van der Waals surface area (Å²) in [4.78, 5) is 22.9. The van der Waals surface area contributed by atoms with Gasteiger partial charge in [-0.15, -0.1) is 0 Å². The number of hydrogen-bond acceptors (Lipinski definition) is 8. The topological polar surface area (TPSA) is 123 Å². The number of ether oxygens (including phenoxy) is 4. The summed E-state index contributed by atoms with van der Waals surface area (Å²) in [6, 6.07) is 9.78. The van der Waals surface area contributed by atoms with Crippen LogP contribution in [-0.4, -0.2) is 25.0 Å². The largest absolute Gasteiger partial charge is 0.514 e. The fraction of sp³-hybridized carbons (Fsp3) is 0.263. The smallest absolute Gasteiger partial charge is 0.437 e. The van der Waals surface area contributed by atoms with Crippen LogP contribution in [0.1, 0.15) is 20.8 Å². The van der Waals surface area contributed by atoms with Crippen LogP contribution in [0.15, 0.2) is 36.4 Å². The number of benzene rings is 2. The van der Waals surface area contributed by atoms with Gasteiger partial charge in [0.2, 0.25) is 0 Å². The first-order chi connectivity index (χ1) is 12.6. The molecule has 0 aliphatic heterocycles. The Balaban J connectivity index is 2.18. The molecule has 0 radical (unpaired) electrons. The van der Waals surface area contributed by atoms with Gasteiger partial charge < -0.3 is 30.4 Å². The molecule has 27 heavy (non-hydrogen) atoms. The van der Waals surface area contributed by atoms with Crippen LogP contribution in [0.3, 0.4) is 0 Å². The van der Waals surface area contributed by atoms with Gasteiger partial charge in [-0.25, -0.2) is 9.59 Å². The van der Waals surface area contributed by atoms with Gasteiger partial charge in [0.05, 0.1) is 18.5 Å². The highest BCUT2D eigenvalue weighted by atomic mass is 16.7. The van der Waals surface area contributed by atoms with E-state index in [1.807, 2.05) is 0 Å². The third-order valence-electron chi connectivity index (χ3n) is 3.30. The average molecular weight is 374 g/mol. The maximum Gasteiger partial charge on any atom is 0.514 e. The lowest BCUT2D eigenvalue weighted by molar-refractivity contribution is 0.0207. The second-order valence-electron chi connectivity index (χ2n) is 6.63. The van der Waals surface area contributed by atoms with E-state index in [-0.39, 0.29) is 22.9 Å². The molecule has 0 aromatic heterocycles. The fourth-order valence-electron chi connectivity index (χ4n) is 2.13. The van der Waals surface area contributed by atoms with E-state index < -0.39 is 17.9 Å². The number of anilines is 2. The fourth-order valence-corrected chi connectivity index (χ4v) is 2.13. The van der Waals surface area contributed by atoms with Crippen molar-refractivity contribution in [3.8, 4) is 22.6 Å². The Morgan fingerprint density at radius 2 is 1.26 bits per heavy atom. The summed E-state index contributed by atoms with van der Waals surface area (Å²) in [7, 11) is 1.20. The Morgan fingerprint density at radius 1 is 0.815 bits per heavy atom. The summed E-state index contributed by atoms with van der Waals surface area (Å²) < 4.78 is 19.6. The standard InChI is InChI=1S/C19H22N2O6/c1-19(2,3)27-18(23)26-16-8-6-12(10-14(16)21)11-5-7-15(13(20)9-11)25-17(22)24-4/h5-10H,20-21H2,1-4H3. The van der Waals surface area contributed by atoms with Gasteiger partial charge in [-0.3, -0.25) is 0 Å². The van der Waals surface area contributed by atoms with Crippen LogP contribution in [0.4, 0.5) is 21.0 Å². The van der Waals surface area contributed by atoms with Crippen molar-refractivity contribution >= 4 is 23.7 Å². The number of nitrogen functional groups attached to an aromatic ring is 2. The predicted octanol–water partition coefficient (Wildman–Crippen LogP) is 3.98. The Kier molecular flexibility index (Phi) is 5.79. The van der Waals surface area contributed by atoms with Crippen molar-refractivity contribution in [1.29, 1.82) is 0 Å². The van der Waals surface area contributed by atoms with Gasteiger partial charge in [0.15, 0.2) is 11.5 Å². The number of nitrogens with two attached hydrogens (primary N) is 2. The van der Waals surface area contributed by atoms with Crippen LogP contribution < -0.4 is 20.9 Å². The highest BCUT2D eigenvalue weighted by molar-refractivity contribution is 5.77. The summed E-state index contributed by atoms with van der Waals surface area (Å²) in [6.07, 6.45) is -1.70. The average Bonchev–Trinajstić information content (AvgIpc) is 2.56. The van der Waals surface area contributed by atoms with Crippen molar-refractivity contribution in [3.63, 3.8) is 0 Å². The van der Waals surface area contributed by atoms with Crippen molar-refractivity contribution in [2.24, 2.45) is 0 Å². The molecule has 2 rings (SSSR count). The molecule has 0 unspecified atom stereocenters. The van der Waals surface area contributed by atoms with Gasteiger partial charge in [0.1, 0.15) is 5.60 Å². The minimum Gasteiger partial charge on any atom is -0.437 e.